The van der Waals surface area contributed by atoms with E-state index in [1.54, 1.807) is 13.8 Å². The Bertz CT molecular complexity index is 507. The molecule has 0 radical (unpaired) electrons. The van der Waals surface area contributed by atoms with E-state index in [1.807, 2.05) is 0 Å². The number of nitrogens with one attached hydrogen (secondary N) is 1. The van der Waals surface area contributed by atoms with Gasteiger partial charge < -0.3 is 10.4 Å². The summed E-state index contributed by atoms with van der Waals surface area (Å²) in [5.74, 6) is -3.18. The summed E-state index contributed by atoms with van der Waals surface area (Å²) in [6, 6.07) is 3.37. The molecule has 0 heterocycles. The van der Waals surface area contributed by atoms with E-state index in [9.17, 15) is 23.5 Å². The van der Waals surface area contributed by atoms with E-state index in [4.69, 9.17) is 0 Å². The van der Waals surface area contributed by atoms with Crippen LogP contribution in [-0.4, -0.2) is 23.5 Å². The fourth-order valence-electron chi connectivity index (χ4n) is 2.07. The average Bonchev–Trinajstić information content (AvgIpc) is 2.44. The second-order valence-corrected chi connectivity index (χ2v) is 4.95. The first-order valence-electron chi connectivity index (χ1n) is 6.79. The van der Waals surface area contributed by atoms with Crippen LogP contribution in [0, 0.1) is 17.0 Å². The van der Waals surface area contributed by atoms with Gasteiger partial charge in [0, 0.05) is 12.1 Å². The van der Waals surface area contributed by atoms with Crippen molar-refractivity contribution in [2.75, 3.05) is 6.54 Å². The van der Waals surface area contributed by atoms with Crippen LogP contribution in [-0.2, 0) is 16.0 Å². The number of carbonyl (C=O) groups is 2. The molecule has 0 aliphatic heterocycles. The Labute approximate surface area is 122 Å². The van der Waals surface area contributed by atoms with Gasteiger partial charge >= 0.3 is 5.97 Å². The maximum Gasteiger partial charge on any atom is 0.311 e. The Hall–Kier alpha value is -1.98. The molecule has 0 spiro atoms. The fourth-order valence-corrected chi connectivity index (χ4v) is 2.07. The van der Waals surface area contributed by atoms with Gasteiger partial charge in [-0.2, -0.15) is 0 Å². The van der Waals surface area contributed by atoms with Crippen LogP contribution in [0.5, 0.6) is 0 Å². The lowest BCUT2D eigenvalue weighted by molar-refractivity contribution is -0.149. The Morgan fingerprint density at radius 1 is 1.19 bits per heavy atom. The van der Waals surface area contributed by atoms with Gasteiger partial charge in [0.1, 0.15) is 11.6 Å². The van der Waals surface area contributed by atoms with E-state index in [2.05, 4.69) is 5.32 Å². The van der Waals surface area contributed by atoms with E-state index in [1.165, 1.54) is 6.07 Å². The molecular weight excluding hydrogens is 280 g/mol. The largest absolute Gasteiger partial charge is 0.481 e. The van der Waals surface area contributed by atoms with E-state index >= 15 is 0 Å². The third-order valence-corrected chi connectivity index (χ3v) is 3.83. The molecule has 6 heteroatoms. The number of carboxylic acids is 1. The number of hydrogen-bond donors (Lipinski definition) is 2. The number of halogens is 2. The van der Waals surface area contributed by atoms with E-state index in [-0.39, 0.29) is 12.1 Å². The highest BCUT2D eigenvalue weighted by Crippen LogP contribution is 2.25. The predicted molar refractivity (Wildman–Crippen MR) is 73.7 cm³/mol. The average molecular weight is 299 g/mol. The topological polar surface area (TPSA) is 66.4 Å². The van der Waals surface area contributed by atoms with Gasteiger partial charge in [-0.05, 0) is 25.0 Å². The number of carbonyl (C=O) groups excluding carboxylic acids is 1. The summed E-state index contributed by atoms with van der Waals surface area (Å²) in [5, 5.41) is 11.7. The predicted octanol–water partition coefficient (Wildman–Crippen LogP) is 2.51. The van der Waals surface area contributed by atoms with Gasteiger partial charge in [0.15, 0.2) is 0 Å². The molecule has 1 rings (SSSR count). The highest BCUT2D eigenvalue weighted by Gasteiger charge is 2.35. The van der Waals surface area contributed by atoms with Crippen LogP contribution in [0.3, 0.4) is 0 Å². The molecule has 1 aromatic rings. The zero-order valence-electron chi connectivity index (χ0n) is 12.1. The smallest absolute Gasteiger partial charge is 0.311 e. The summed E-state index contributed by atoms with van der Waals surface area (Å²) in [7, 11) is 0. The SMILES string of the molecule is CCC(CC)(CNC(=O)Cc1c(F)cccc1F)C(=O)O. The van der Waals surface area contributed by atoms with Crippen LogP contribution < -0.4 is 5.32 Å². The Kier molecular flexibility index (Phi) is 5.81. The molecule has 0 unspecified atom stereocenters. The van der Waals surface area contributed by atoms with Gasteiger partial charge in [0.25, 0.3) is 0 Å². The molecule has 2 N–H and O–H groups in total. The van der Waals surface area contributed by atoms with Crippen LogP contribution in [0.15, 0.2) is 18.2 Å². The first-order valence-corrected chi connectivity index (χ1v) is 6.79. The molecule has 0 fully saturated rings. The zero-order valence-corrected chi connectivity index (χ0v) is 12.1. The van der Waals surface area contributed by atoms with Crippen molar-refractivity contribution < 1.29 is 23.5 Å². The summed E-state index contributed by atoms with van der Waals surface area (Å²) in [6.07, 6.45) is 0.252. The van der Waals surface area contributed by atoms with Crippen LogP contribution >= 0.6 is 0 Å². The second kappa shape index (κ2) is 7.15. The minimum Gasteiger partial charge on any atom is -0.481 e. The minimum atomic E-state index is -1.05. The van der Waals surface area contributed by atoms with Gasteiger partial charge in [-0.1, -0.05) is 19.9 Å². The molecule has 0 aliphatic rings. The molecule has 1 amide bonds. The van der Waals surface area contributed by atoms with Gasteiger partial charge in [0.2, 0.25) is 5.91 Å². The Morgan fingerprint density at radius 2 is 1.71 bits per heavy atom. The van der Waals surface area contributed by atoms with E-state index in [0.29, 0.717) is 12.8 Å². The number of aliphatic carboxylic acids is 1. The molecule has 1 aromatic carbocycles. The summed E-state index contributed by atoms with van der Waals surface area (Å²) < 4.78 is 26.9. The Balaban J connectivity index is 2.72. The molecule has 116 valence electrons. The number of amides is 1. The monoisotopic (exact) mass is 299 g/mol. The first kappa shape index (κ1) is 17.1. The Morgan fingerprint density at radius 3 is 2.14 bits per heavy atom. The molecule has 21 heavy (non-hydrogen) atoms. The van der Waals surface area contributed by atoms with Crippen molar-refractivity contribution >= 4 is 11.9 Å². The molecule has 0 saturated heterocycles. The highest BCUT2D eigenvalue weighted by atomic mass is 19.1. The lowest BCUT2D eigenvalue weighted by Crippen LogP contribution is -2.42. The molecular formula is C15H19F2NO3. The van der Waals surface area contributed by atoms with Crippen molar-refractivity contribution in [1.29, 1.82) is 0 Å². The van der Waals surface area contributed by atoms with Crippen molar-refractivity contribution in [3.8, 4) is 0 Å². The standard InChI is InChI=1S/C15H19F2NO3/c1-3-15(4-2,14(20)21)9-18-13(19)8-10-11(16)6-5-7-12(10)17/h5-7H,3-4,8-9H2,1-2H3,(H,18,19)(H,20,21). The van der Waals surface area contributed by atoms with Crippen molar-refractivity contribution in [2.45, 2.75) is 33.1 Å². The van der Waals surface area contributed by atoms with Crippen molar-refractivity contribution in [1.82, 2.24) is 5.32 Å². The van der Waals surface area contributed by atoms with Crippen molar-refractivity contribution in [3.63, 3.8) is 0 Å². The van der Waals surface area contributed by atoms with Crippen LogP contribution in [0.4, 0.5) is 8.78 Å². The third kappa shape index (κ3) is 4.00. The third-order valence-electron chi connectivity index (χ3n) is 3.83. The maximum absolute atomic E-state index is 13.4. The molecule has 4 nitrogen and oxygen atoms in total. The van der Waals surface area contributed by atoms with Crippen LogP contribution in [0.1, 0.15) is 32.3 Å². The van der Waals surface area contributed by atoms with Crippen LogP contribution in [0.2, 0.25) is 0 Å². The molecule has 0 aliphatic carbocycles. The van der Waals surface area contributed by atoms with Gasteiger partial charge in [-0.25, -0.2) is 8.78 Å². The first-order chi connectivity index (χ1) is 9.86. The number of hydrogen-bond acceptors (Lipinski definition) is 2. The minimum absolute atomic E-state index is 0.0652. The van der Waals surface area contributed by atoms with Crippen LogP contribution in [0.25, 0.3) is 0 Å². The molecule has 0 aromatic heterocycles. The lowest BCUT2D eigenvalue weighted by Gasteiger charge is -2.26. The fraction of sp³-hybridized carbons (Fsp3) is 0.467. The van der Waals surface area contributed by atoms with Crippen molar-refractivity contribution in [3.05, 3.63) is 35.4 Å². The number of carboxylic acid groups (broad SMARTS) is 1. The summed E-state index contributed by atoms with van der Waals surface area (Å²) >= 11 is 0. The summed E-state index contributed by atoms with van der Waals surface area (Å²) in [6.45, 7) is 3.38. The molecule has 0 atom stereocenters. The molecule has 0 saturated carbocycles. The number of benzene rings is 1. The van der Waals surface area contributed by atoms with E-state index < -0.39 is 35.3 Å². The van der Waals surface area contributed by atoms with Gasteiger partial charge in [0.05, 0.1) is 11.8 Å². The number of rotatable bonds is 7. The van der Waals surface area contributed by atoms with Crippen molar-refractivity contribution in [2.24, 2.45) is 5.41 Å². The quantitative estimate of drug-likeness (QED) is 0.813. The second-order valence-electron chi connectivity index (χ2n) is 4.95. The van der Waals surface area contributed by atoms with Gasteiger partial charge in [-0.15, -0.1) is 0 Å². The van der Waals surface area contributed by atoms with E-state index in [0.717, 1.165) is 12.1 Å². The maximum atomic E-state index is 13.4. The molecule has 0 bridgehead atoms. The van der Waals surface area contributed by atoms with Gasteiger partial charge in [-0.3, -0.25) is 9.59 Å². The summed E-state index contributed by atoms with van der Waals surface area (Å²) in [5.41, 5.74) is -1.37. The lowest BCUT2D eigenvalue weighted by atomic mass is 9.82. The highest BCUT2D eigenvalue weighted by molar-refractivity contribution is 5.80. The zero-order chi connectivity index (χ0) is 16.0. The summed E-state index contributed by atoms with van der Waals surface area (Å²) in [4.78, 5) is 23.1. The normalized spacial score (nSPS) is 11.2.